The summed E-state index contributed by atoms with van der Waals surface area (Å²) in [4.78, 5) is 0. The summed E-state index contributed by atoms with van der Waals surface area (Å²) in [6.45, 7) is 4.08. The normalized spacial score (nSPS) is 12.3. The molecule has 0 bridgehead atoms. The van der Waals surface area contributed by atoms with E-state index in [1.54, 1.807) is 6.07 Å². The summed E-state index contributed by atoms with van der Waals surface area (Å²) in [5.41, 5.74) is 10.5. The summed E-state index contributed by atoms with van der Waals surface area (Å²) in [5.74, 6) is 0.0953. The van der Waals surface area contributed by atoms with Gasteiger partial charge in [0.25, 0.3) is 0 Å². The number of rotatable bonds is 3. The molecule has 0 fully saturated rings. The number of aryl methyl sites for hydroxylation is 1. The van der Waals surface area contributed by atoms with Gasteiger partial charge in [-0.05, 0) is 52.5 Å². The van der Waals surface area contributed by atoms with Gasteiger partial charge in [-0.1, -0.05) is 18.2 Å². The topological polar surface area (TPSA) is 35.2 Å². The van der Waals surface area contributed by atoms with E-state index in [-0.39, 0.29) is 11.9 Å². The Labute approximate surface area is 126 Å². The molecule has 4 heteroatoms. The number of benzene rings is 2. The van der Waals surface area contributed by atoms with E-state index in [0.717, 1.165) is 16.7 Å². The number of hydrogen-bond donors (Lipinski definition) is 1. The molecule has 2 N–H and O–H groups in total. The van der Waals surface area contributed by atoms with Crippen LogP contribution < -0.4 is 10.5 Å². The first-order valence-electron chi connectivity index (χ1n) is 6.30. The van der Waals surface area contributed by atoms with Gasteiger partial charge < -0.3 is 10.5 Å². The van der Waals surface area contributed by atoms with Gasteiger partial charge in [-0.3, -0.25) is 0 Å². The van der Waals surface area contributed by atoms with Crippen molar-refractivity contribution in [3.05, 3.63) is 62.9 Å². The van der Waals surface area contributed by atoms with Crippen LogP contribution >= 0.6 is 15.9 Å². The van der Waals surface area contributed by atoms with Crippen LogP contribution in [0.3, 0.4) is 0 Å². The summed E-state index contributed by atoms with van der Waals surface area (Å²) in [7, 11) is 1.52. The average molecular weight is 338 g/mol. The largest absolute Gasteiger partial charge is 0.496 e. The van der Waals surface area contributed by atoms with Crippen molar-refractivity contribution in [3.63, 3.8) is 0 Å². The van der Waals surface area contributed by atoms with E-state index < -0.39 is 0 Å². The van der Waals surface area contributed by atoms with E-state index in [9.17, 15) is 4.39 Å². The lowest BCUT2D eigenvalue weighted by atomic mass is 9.93. The third-order valence-electron chi connectivity index (χ3n) is 3.59. The molecule has 2 aromatic carbocycles. The zero-order chi connectivity index (χ0) is 14.9. The lowest BCUT2D eigenvalue weighted by Crippen LogP contribution is -2.15. The third kappa shape index (κ3) is 2.72. The molecule has 0 saturated carbocycles. The van der Waals surface area contributed by atoms with Crippen LogP contribution in [0.25, 0.3) is 0 Å². The van der Waals surface area contributed by atoms with Gasteiger partial charge in [-0.2, -0.15) is 0 Å². The maximum absolute atomic E-state index is 13.6. The molecule has 2 nitrogen and oxygen atoms in total. The first-order chi connectivity index (χ1) is 9.45. The lowest BCUT2D eigenvalue weighted by Gasteiger charge is -2.19. The van der Waals surface area contributed by atoms with Crippen LogP contribution in [0.2, 0.25) is 0 Å². The van der Waals surface area contributed by atoms with Gasteiger partial charge >= 0.3 is 0 Å². The van der Waals surface area contributed by atoms with Crippen LogP contribution in [-0.2, 0) is 0 Å². The van der Waals surface area contributed by atoms with E-state index in [0.29, 0.717) is 10.2 Å². The molecular weight excluding hydrogens is 321 g/mol. The van der Waals surface area contributed by atoms with Crippen molar-refractivity contribution >= 4 is 15.9 Å². The molecule has 106 valence electrons. The summed E-state index contributed by atoms with van der Waals surface area (Å²) < 4.78 is 19.2. The van der Waals surface area contributed by atoms with Crippen LogP contribution in [-0.4, -0.2) is 7.11 Å². The summed E-state index contributed by atoms with van der Waals surface area (Å²) in [6, 6.07) is 8.68. The molecule has 0 heterocycles. The summed E-state index contributed by atoms with van der Waals surface area (Å²) >= 11 is 3.20. The minimum atomic E-state index is -0.362. The van der Waals surface area contributed by atoms with Crippen molar-refractivity contribution in [2.45, 2.75) is 19.9 Å². The second-order valence-electron chi connectivity index (χ2n) is 4.78. The minimum Gasteiger partial charge on any atom is -0.496 e. The Bertz CT molecular complexity index is 643. The van der Waals surface area contributed by atoms with Crippen LogP contribution in [0.5, 0.6) is 5.75 Å². The standard InChI is InChI=1S/C16H17BrFNO/c1-9-5-4-6-11(10(9)2)16(19)12-7-13(17)14(18)8-15(12)20-3/h4-8,16H,19H2,1-3H3. The second kappa shape index (κ2) is 5.94. The average Bonchev–Trinajstić information content (AvgIpc) is 2.43. The molecule has 0 saturated heterocycles. The van der Waals surface area contributed by atoms with Gasteiger partial charge in [0.05, 0.1) is 17.6 Å². The van der Waals surface area contributed by atoms with Crippen LogP contribution in [0, 0.1) is 19.7 Å². The predicted octanol–water partition coefficient (Wildman–Crippen LogP) is 4.26. The molecule has 2 rings (SSSR count). The monoisotopic (exact) mass is 337 g/mol. The molecule has 0 radical (unpaired) electrons. The molecule has 0 amide bonds. The fraction of sp³-hybridized carbons (Fsp3) is 0.250. The molecule has 0 spiro atoms. The van der Waals surface area contributed by atoms with Crippen molar-refractivity contribution in [3.8, 4) is 5.75 Å². The lowest BCUT2D eigenvalue weighted by molar-refractivity contribution is 0.404. The Kier molecular flexibility index (Phi) is 4.45. The van der Waals surface area contributed by atoms with Gasteiger partial charge in [-0.25, -0.2) is 4.39 Å². The Morgan fingerprint density at radius 2 is 1.90 bits per heavy atom. The van der Waals surface area contributed by atoms with Crippen molar-refractivity contribution < 1.29 is 9.13 Å². The Morgan fingerprint density at radius 3 is 2.55 bits per heavy atom. The number of nitrogens with two attached hydrogens (primary N) is 1. The Morgan fingerprint density at radius 1 is 1.20 bits per heavy atom. The fourth-order valence-electron chi connectivity index (χ4n) is 2.24. The van der Waals surface area contributed by atoms with Crippen LogP contribution in [0.4, 0.5) is 4.39 Å². The number of ether oxygens (including phenoxy) is 1. The number of methoxy groups -OCH3 is 1. The highest BCUT2D eigenvalue weighted by atomic mass is 79.9. The third-order valence-corrected chi connectivity index (χ3v) is 4.20. The molecule has 0 aliphatic rings. The highest BCUT2D eigenvalue weighted by molar-refractivity contribution is 9.10. The fourth-order valence-corrected chi connectivity index (χ4v) is 2.60. The van der Waals surface area contributed by atoms with Gasteiger partial charge in [0, 0.05) is 11.6 Å². The zero-order valence-electron chi connectivity index (χ0n) is 11.7. The van der Waals surface area contributed by atoms with Gasteiger partial charge in [0.15, 0.2) is 0 Å². The Balaban J connectivity index is 2.55. The van der Waals surface area contributed by atoms with Gasteiger partial charge in [0.2, 0.25) is 0 Å². The van der Waals surface area contributed by atoms with Gasteiger partial charge in [-0.15, -0.1) is 0 Å². The summed E-state index contributed by atoms with van der Waals surface area (Å²) in [6.07, 6.45) is 0. The van der Waals surface area contributed by atoms with Crippen LogP contribution in [0.1, 0.15) is 28.3 Å². The first kappa shape index (κ1) is 15.0. The molecule has 20 heavy (non-hydrogen) atoms. The molecule has 1 atom stereocenters. The quantitative estimate of drug-likeness (QED) is 0.907. The van der Waals surface area contributed by atoms with Crippen molar-refractivity contribution in [2.75, 3.05) is 7.11 Å². The maximum Gasteiger partial charge on any atom is 0.141 e. The van der Waals surface area contributed by atoms with Crippen molar-refractivity contribution in [2.24, 2.45) is 5.73 Å². The maximum atomic E-state index is 13.6. The minimum absolute atomic E-state index is 0.359. The molecule has 0 aliphatic heterocycles. The predicted molar refractivity (Wildman–Crippen MR) is 82.6 cm³/mol. The van der Waals surface area contributed by atoms with Crippen molar-refractivity contribution in [1.82, 2.24) is 0 Å². The van der Waals surface area contributed by atoms with E-state index in [4.69, 9.17) is 10.5 Å². The van der Waals surface area contributed by atoms with Crippen molar-refractivity contribution in [1.29, 1.82) is 0 Å². The molecule has 1 unspecified atom stereocenters. The van der Waals surface area contributed by atoms with E-state index in [1.807, 2.05) is 32.0 Å². The van der Waals surface area contributed by atoms with E-state index >= 15 is 0 Å². The number of halogens is 2. The zero-order valence-corrected chi connectivity index (χ0v) is 13.3. The molecule has 0 aliphatic carbocycles. The highest BCUT2D eigenvalue weighted by Crippen LogP contribution is 2.34. The SMILES string of the molecule is COc1cc(F)c(Br)cc1C(N)c1cccc(C)c1C. The molecular formula is C16H17BrFNO. The highest BCUT2D eigenvalue weighted by Gasteiger charge is 2.18. The van der Waals surface area contributed by atoms with Gasteiger partial charge in [0.1, 0.15) is 11.6 Å². The first-order valence-corrected chi connectivity index (χ1v) is 7.09. The second-order valence-corrected chi connectivity index (χ2v) is 5.63. The van der Waals surface area contributed by atoms with E-state index in [1.165, 1.54) is 18.7 Å². The smallest absolute Gasteiger partial charge is 0.141 e. The number of hydrogen-bond acceptors (Lipinski definition) is 2. The molecule has 0 aromatic heterocycles. The van der Waals surface area contributed by atoms with E-state index in [2.05, 4.69) is 15.9 Å². The van der Waals surface area contributed by atoms with Crippen LogP contribution in [0.15, 0.2) is 34.8 Å². The molecule has 2 aromatic rings. The summed E-state index contributed by atoms with van der Waals surface area (Å²) in [5, 5.41) is 0. The Hall–Kier alpha value is -1.39.